The Morgan fingerprint density at radius 3 is 2.57 bits per heavy atom. The molecule has 0 spiro atoms. The first-order valence-electron chi connectivity index (χ1n) is 6.47. The van der Waals surface area contributed by atoms with Gasteiger partial charge in [0, 0.05) is 28.0 Å². The van der Waals surface area contributed by atoms with Crippen molar-refractivity contribution in [2.75, 3.05) is 5.32 Å². The Morgan fingerprint density at radius 2 is 1.90 bits per heavy atom. The molecule has 1 fully saturated rings. The lowest BCUT2D eigenvalue weighted by Gasteiger charge is -2.07. The molecule has 2 aromatic rings. The molecule has 108 valence electrons. The average molecular weight is 323 g/mol. The first kappa shape index (κ1) is 14.1. The second-order valence-corrected chi connectivity index (χ2v) is 5.67. The van der Waals surface area contributed by atoms with Crippen molar-refractivity contribution in [1.82, 2.24) is 15.3 Å². The van der Waals surface area contributed by atoms with Gasteiger partial charge in [0.15, 0.2) is 0 Å². The Bertz CT molecular complexity index is 668. The maximum Gasteiger partial charge on any atom is 0.270 e. The number of benzene rings is 1. The summed E-state index contributed by atoms with van der Waals surface area (Å²) in [5, 5.41) is 6.87. The summed E-state index contributed by atoms with van der Waals surface area (Å²) in [4.78, 5) is 20.2. The van der Waals surface area contributed by atoms with Gasteiger partial charge in [0.25, 0.3) is 5.91 Å². The number of nitrogens with zero attached hydrogens (tertiary/aromatic N) is 2. The zero-order valence-corrected chi connectivity index (χ0v) is 12.4. The van der Waals surface area contributed by atoms with Crippen LogP contribution in [-0.4, -0.2) is 21.9 Å². The van der Waals surface area contributed by atoms with E-state index in [0.717, 1.165) is 12.8 Å². The maximum atomic E-state index is 11.9. The number of carbonyl (C=O) groups is 1. The van der Waals surface area contributed by atoms with Crippen molar-refractivity contribution < 1.29 is 4.79 Å². The van der Waals surface area contributed by atoms with Gasteiger partial charge >= 0.3 is 0 Å². The van der Waals surface area contributed by atoms with Crippen LogP contribution in [0.1, 0.15) is 23.3 Å². The summed E-state index contributed by atoms with van der Waals surface area (Å²) in [6.45, 7) is 0. The highest BCUT2D eigenvalue weighted by Gasteiger charge is 2.24. The predicted molar refractivity (Wildman–Crippen MR) is 82.3 cm³/mol. The molecule has 0 radical (unpaired) electrons. The molecule has 21 heavy (non-hydrogen) atoms. The second kappa shape index (κ2) is 5.87. The number of hydrogen-bond acceptors (Lipinski definition) is 4. The van der Waals surface area contributed by atoms with Crippen LogP contribution in [0.25, 0.3) is 0 Å². The van der Waals surface area contributed by atoms with E-state index < -0.39 is 0 Å². The van der Waals surface area contributed by atoms with E-state index >= 15 is 0 Å². The molecule has 0 unspecified atom stereocenters. The standard InChI is InChI=1S/C14H12Cl2N4O/c15-8-5-9(16)7-11(6-8)19-14-17-4-3-12(20-14)13(21)18-10-1-2-10/h3-7,10H,1-2H2,(H,18,21)(H,17,19,20). The zero-order valence-electron chi connectivity index (χ0n) is 10.9. The molecule has 1 aliphatic rings. The van der Waals surface area contributed by atoms with Gasteiger partial charge in [-0.05, 0) is 37.1 Å². The molecule has 5 nitrogen and oxygen atoms in total. The van der Waals surface area contributed by atoms with Gasteiger partial charge < -0.3 is 10.6 Å². The molecular weight excluding hydrogens is 311 g/mol. The van der Waals surface area contributed by atoms with Gasteiger partial charge in [-0.2, -0.15) is 0 Å². The van der Waals surface area contributed by atoms with E-state index in [1.807, 2.05) is 0 Å². The number of aromatic nitrogens is 2. The fraction of sp³-hybridized carbons (Fsp3) is 0.214. The van der Waals surface area contributed by atoms with E-state index in [-0.39, 0.29) is 11.9 Å². The molecule has 1 saturated carbocycles. The molecule has 3 rings (SSSR count). The van der Waals surface area contributed by atoms with Crippen molar-refractivity contribution in [3.8, 4) is 0 Å². The van der Waals surface area contributed by atoms with Crippen molar-refractivity contribution in [2.45, 2.75) is 18.9 Å². The molecule has 0 aliphatic heterocycles. The van der Waals surface area contributed by atoms with Crippen LogP contribution in [-0.2, 0) is 0 Å². The number of halogens is 2. The fourth-order valence-corrected chi connectivity index (χ4v) is 2.31. The number of hydrogen-bond donors (Lipinski definition) is 2. The number of amides is 1. The molecule has 0 saturated heterocycles. The van der Waals surface area contributed by atoms with Crippen LogP contribution in [0, 0.1) is 0 Å². The quantitative estimate of drug-likeness (QED) is 0.905. The minimum absolute atomic E-state index is 0.188. The minimum Gasteiger partial charge on any atom is -0.348 e. The number of nitrogens with one attached hydrogen (secondary N) is 2. The molecular formula is C14H12Cl2N4O. The summed E-state index contributed by atoms with van der Waals surface area (Å²) in [6.07, 6.45) is 3.59. The van der Waals surface area contributed by atoms with Crippen LogP contribution in [0.15, 0.2) is 30.5 Å². The molecule has 1 aliphatic carbocycles. The van der Waals surface area contributed by atoms with Gasteiger partial charge in [-0.3, -0.25) is 4.79 Å². The summed E-state index contributed by atoms with van der Waals surface area (Å²) in [6, 6.07) is 6.90. The highest BCUT2D eigenvalue weighted by Crippen LogP contribution is 2.24. The SMILES string of the molecule is O=C(NC1CC1)c1ccnc(Nc2cc(Cl)cc(Cl)c2)n1. The Morgan fingerprint density at radius 1 is 1.19 bits per heavy atom. The normalized spacial score (nSPS) is 13.8. The van der Waals surface area contributed by atoms with Crippen molar-refractivity contribution in [3.63, 3.8) is 0 Å². The highest BCUT2D eigenvalue weighted by molar-refractivity contribution is 6.35. The molecule has 0 bridgehead atoms. The van der Waals surface area contributed by atoms with Crippen molar-refractivity contribution in [1.29, 1.82) is 0 Å². The lowest BCUT2D eigenvalue weighted by molar-refractivity contribution is 0.0946. The van der Waals surface area contributed by atoms with Gasteiger partial charge in [-0.25, -0.2) is 9.97 Å². The summed E-state index contributed by atoms with van der Waals surface area (Å²) in [7, 11) is 0. The van der Waals surface area contributed by atoms with Gasteiger partial charge in [0.05, 0.1) is 0 Å². The Kier molecular flexibility index (Phi) is 3.94. The van der Waals surface area contributed by atoms with E-state index in [0.29, 0.717) is 27.4 Å². The van der Waals surface area contributed by atoms with Gasteiger partial charge in [-0.15, -0.1) is 0 Å². The molecule has 2 N–H and O–H groups in total. The predicted octanol–water partition coefficient (Wildman–Crippen LogP) is 3.42. The summed E-state index contributed by atoms with van der Waals surface area (Å²) in [5.74, 6) is 0.129. The van der Waals surface area contributed by atoms with Crippen LogP contribution in [0.4, 0.5) is 11.6 Å². The van der Waals surface area contributed by atoms with Gasteiger partial charge in [-0.1, -0.05) is 23.2 Å². The first-order valence-corrected chi connectivity index (χ1v) is 7.23. The summed E-state index contributed by atoms with van der Waals surface area (Å²) < 4.78 is 0. The monoisotopic (exact) mass is 322 g/mol. The third-order valence-electron chi connectivity index (χ3n) is 2.92. The van der Waals surface area contributed by atoms with E-state index in [4.69, 9.17) is 23.2 Å². The molecule has 0 atom stereocenters. The van der Waals surface area contributed by atoms with Gasteiger partial charge in [0.1, 0.15) is 5.69 Å². The Hall–Kier alpha value is -1.85. The van der Waals surface area contributed by atoms with Gasteiger partial charge in [0.2, 0.25) is 5.95 Å². The minimum atomic E-state index is -0.188. The number of rotatable bonds is 4. The lowest BCUT2D eigenvalue weighted by atomic mass is 10.3. The van der Waals surface area contributed by atoms with Crippen LogP contribution < -0.4 is 10.6 Å². The maximum absolute atomic E-state index is 11.9. The van der Waals surface area contributed by atoms with Crippen molar-refractivity contribution in [3.05, 3.63) is 46.2 Å². The first-order chi connectivity index (χ1) is 10.1. The van der Waals surface area contributed by atoms with E-state index in [1.165, 1.54) is 6.20 Å². The molecule has 7 heteroatoms. The largest absolute Gasteiger partial charge is 0.348 e. The van der Waals surface area contributed by atoms with Crippen LogP contribution >= 0.6 is 23.2 Å². The summed E-state index contributed by atoms with van der Waals surface area (Å²) in [5.41, 5.74) is 0.986. The lowest BCUT2D eigenvalue weighted by Crippen LogP contribution is -2.26. The smallest absolute Gasteiger partial charge is 0.270 e. The summed E-state index contributed by atoms with van der Waals surface area (Å²) >= 11 is 11.9. The number of anilines is 2. The zero-order chi connectivity index (χ0) is 14.8. The molecule has 1 aromatic heterocycles. The molecule has 1 aromatic carbocycles. The van der Waals surface area contributed by atoms with Crippen molar-refractivity contribution >= 4 is 40.7 Å². The van der Waals surface area contributed by atoms with E-state index in [9.17, 15) is 4.79 Å². The fourth-order valence-electron chi connectivity index (χ4n) is 1.79. The average Bonchev–Trinajstić information content (AvgIpc) is 3.21. The van der Waals surface area contributed by atoms with Crippen molar-refractivity contribution in [2.24, 2.45) is 0 Å². The molecule has 1 heterocycles. The second-order valence-electron chi connectivity index (χ2n) is 4.80. The highest BCUT2D eigenvalue weighted by atomic mass is 35.5. The Labute approximate surface area is 131 Å². The van der Waals surface area contributed by atoms with E-state index in [1.54, 1.807) is 24.3 Å². The third-order valence-corrected chi connectivity index (χ3v) is 3.36. The topological polar surface area (TPSA) is 66.9 Å². The Balaban J connectivity index is 1.77. The van der Waals surface area contributed by atoms with Crippen LogP contribution in [0.5, 0.6) is 0 Å². The van der Waals surface area contributed by atoms with Crippen LogP contribution in [0.3, 0.4) is 0 Å². The van der Waals surface area contributed by atoms with Crippen LogP contribution in [0.2, 0.25) is 10.0 Å². The number of carbonyl (C=O) groups excluding carboxylic acids is 1. The molecule has 1 amide bonds. The third kappa shape index (κ3) is 3.83. The van der Waals surface area contributed by atoms with E-state index in [2.05, 4.69) is 20.6 Å².